The lowest BCUT2D eigenvalue weighted by atomic mass is 10.3. The highest BCUT2D eigenvalue weighted by atomic mass is 32.2. The molecule has 0 bridgehead atoms. The predicted octanol–water partition coefficient (Wildman–Crippen LogP) is -2.37. The second-order valence-electron chi connectivity index (χ2n) is 2.77. The Bertz CT molecular complexity index is 287. The van der Waals surface area contributed by atoms with Crippen LogP contribution in [0.2, 0.25) is 0 Å². The maximum absolute atomic E-state index is 11.2. The molecule has 0 fully saturated rings. The monoisotopic (exact) mass is 239 g/mol. The van der Waals surface area contributed by atoms with Gasteiger partial charge in [-0.3, -0.25) is 4.79 Å². The lowest BCUT2D eigenvalue weighted by Gasteiger charge is -2.12. The second-order valence-corrected chi connectivity index (χ2v) is 4.82. The number of carbonyl (C=O) groups is 1. The van der Waals surface area contributed by atoms with Crippen LogP contribution >= 0.6 is 0 Å². The first-order valence-corrected chi connectivity index (χ1v) is 6.04. The highest BCUT2D eigenvalue weighted by Crippen LogP contribution is 1.87. The number of hydrogen-bond acceptors (Lipinski definition) is 5. The van der Waals surface area contributed by atoms with Crippen LogP contribution in [0.4, 0.5) is 0 Å². The van der Waals surface area contributed by atoms with Crippen LogP contribution in [0, 0.1) is 0 Å². The number of rotatable bonds is 7. The van der Waals surface area contributed by atoms with Crippen LogP contribution in [0.15, 0.2) is 0 Å². The third-order valence-corrected chi connectivity index (χ3v) is 3.14. The van der Waals surface area contributed by atoms with Crippen LogP contribution in [0.1, 0.15) is 0 Å². The molecule has 0 rings (SSSR count). The van der Waals surface area contributed by atoms with Gasteiger partial charge in [0.25, 0.3) is 0 Å². The molecule has 0 aliphatic carbocycles. The zero-order valence-corrected chi connectivity index (χ0v) is 9.63. The Morgan fingerprint density at radius 2 is 2.13 bits per heavy atom. The van der Waals surface area contributed by atoms with Crippen LogP contribution in [0.5, 0.6) is 0 Å². The molecule has 0 aliphatic rings. The molecule has 1 unspecified atom stereocenters. The molecule has 0 saturated heterocycles. The molecule has 1 atom stereocenters. The molecular formula is C7H17N3O4S. The van der Waals surface area contributed by atoms with Gasteiger partial charge in [0.2, 0.25) is 15.9 Å². The SMILES string of the molecule is CNS(=O)(=O)CCNC(=O)C(CN)OC. The first-order valence-electron chi connectivity index (χ1n) is 4.38. The fourth-order valence-electron chi connectivity index (χ4n) is 0.835. The van der Waals surface area contributed by atoms with Crippen LogP contribution < -0.4 is 15.8 Å². The summed E-state index contributed by atoms with van der Waals surface area (Å²) in [6.45, 7) is 0.0863. The molecule has 4 N–H and O–H groups in total. The number of hydrogen-bond donors (Lipinski definition) is 3. The number of sulfonamides is 1. The molecule has 15 heavy (non-hydrogen) atoms. The second kappa shape index (κ2) is 6.72. The van der Waals surface area contributed by atoms with Crippen molar-refractivity contribution < 1.29 is 17.9 Å². The van der Waals surface area contributed by atoms with E-state index in [4.69, 9.17) is 10.5 Å². The molecule has 0 spiro atoms. The van der Waals surface area contributed by atoms with E-state index in [1.807, 2.05) is 0 Å². The highest BCUT2D eigenvalue weighted by Gasteiger charge is 2.15. The van der Waals surface area contributed by atoms with Crippen LogP contribution in [-0.2, 0) is 19.6 Å². The summed E-state index contributed by atoms with van der Waals surface area (Å²) in [5.74, 6) is -0.581. The van der Waals surface area contributed by atoms with Crippen LogP contribution in [0.3, 0.4) is 0 Å². The van der Waals surface area contributed by atoms with Gasteiger partial charge >= 0.3 is 0 Å². The average molecular weight is 239 g/mol. The van der Waals surface area contributed by atoms with E-state index in [-0.39, 0.29) is 18.8 Å². The number of amides is 1. The maximum atomic E-state index is 11.2. The number of methoxy groups -OCH3 is 1. The lowest BCUT2D eigenvalue weighted by Crippen LogP contribution is -2.42. The van der Waals surface area contributed by atoms with Crippen molar-refractivity contribution in [2.24, 2.45) is 5.73 Å². The van der Waals surface area contributed by atoms with Crippen molar-refractivity contribution in [3.8, 4) is 0 Å². The summed E-state index contributed by atoms with van der Waals surface area (Å²) in [7, 11) is -0.614. The zero-order chi connectivity index (χ0) is 11.9. The summed E-state index contributed by atoms with van der Waals surface area (Å²) < 4.78 is 28.8. The molecule has 0 aromatic rings. The van der Waals surface area contributed by atoms with Gasteiger partial charge in [-0.15, -0.1) is 0 Å². The van der Waals surface area contributed by atoms with Crippen molar-refractivity contribution in [2.45, 2.75) is 6.10 Å². The minimum atomic E-state index is -3.29. The summed E-state index contributed by atoms with van der Waals surface area (Å²) in [6, 6.07) is 0. The lowest BCUT2D eigenvalue weighted by molar-refractivity contribution is -0.130. The topological polar surface area (TPSA) is 111 Å². The number of ether oxygens (including phenoxy) is 1. The summed E-state index contributed by atoms with van der Waals surface area (Å²) in [5.41, 5.74) is 5.25. The average Bonchev–Trinajstić information content (AvgIpc) is 2.19. The van der Waals surface area contributed by atoms with Gasteiger partial charge in [0.15, 0.2) is 0 Å². The minimum absolute atomic E-state index is 0.0296. The first-order chi connectivity index (χ1) is 6.96. The largest absolute Gasteiger partial charge is 0.370 e. The first kappa shape index (κ1) is 14.3. The summed E-state index contributed by atoms with van der Waals surface area (Å²) >= 11 is 0. The van der Waals surface area contributed by atoms with Crippen molar-refractivity contribution >= 4 is 15.9 Å². The van der Waals surface area contributed by atoms with Gasteiger partial charge in [0.05, 0.1) is 5.75 Å². The predicted molar refractivity (Wildman–Crippen MR) is 55.7 cm³/mol. The Labute approximate surface area is 89.4 Å². The molecule has 0 aromatic heterocycles. The van der Waals surface area contributed by atoms with Crippen molar-refractivity contribution in [1.29, 1.82) is 0 Å². The van der Waals surface area contributed by atoms with E-state index >= 15 is 0 Å². The number of nitrogens with two attached hydrogens (primary N) is 1. The Kier molecular flexibility index (Phi) is 6.41. The van der Waals surface area contributed by atoms with Crippen molar-refractivity contribution in [3.63, 3.8) is 0 Å². The Hall–Kier alpha value is -0.700. The van der Waals surface area contributed by atoms with E-state index < -0.39 is 22.0 Å². The smallest absolute Gasteiger partial charge is 0.250 e. The quantitative estimate of drug-likeness (QED) is 0.460. The van der Waals surface area contributed by atoms with E-state index in [0.717, 1.165) is 0 Å². The van der Waals surface area contributed by atoms with Gasteiger partial charge in [-0.05, 0) is 7.05 Å². The molecule has 0 heterocycles. The van der Waals surface area contributed by atoms with E-state index in [2.05, 4.69) is 10.0 Å². The molecule has 90 valence electrons. The fourth-order valence-corrected chi connectivity index (χ4v) is 1.41. The van der Waals surface area contributed by atoms with Gasteiger partial charge in [-0.25, -0.2) is 13.1 Å². The maximum Gasteiger partial charge on any atom is 0.250 e. The molecule has 7 nitrogen and oxygen atoms in total. The van der Waals surface area contributed by atoms with E-state index in [1.165, 1.54) is 14.2 Å². The molecule has 0 saturated carbocycles. The zero-order valence-electron chi connectivity index (χ0n) is 8.82. The van der Waals surface area contributed by atoms with Crippen LogP contribution in [-0.4, -0.2) is 53.4 Å². The van der Waals surface area contributed by atoms with Gasteiger partial charge in [-0.2, -0.15) is 0 Å². The van der Waals surface area contributed by atoms with Crippen LogP contribution in [0.25, 0.3) is 0 Å². The highest BCUT2D eigenvalue weighted by molar-refractivity contribution is 7.89. The fraction of sp³-hybridized carbons (Fsp3) is 0.857. The van der Waals surface area contributed by atoms with Crippen molar-refractivity contribution in [2.75, 3.05) is 33.0 Å². The summed E-state index contributed by atoms with van der Waals surface area (Å²) in [5, 5.41) is 2.41. The molecule has 1 amide bonds. The minimum Gasteiger partial charge on any atom is -0.370 e. The summed E-state index contributed by atoms with van der Waals surface area (Å²) in [4.78, 5) is 11.2. The third-order valence-electron chi connectivity index (χ3n) is 1.77. The normalized spacial score (nSPS) is 13.5. The van der Waals surface area contributed by atoms with E-state index in [9.17, 15) is 13.2 Å². The molecule has 0 aliphatic heterocycles. The molecule has 0 radical (unpaired) electrons. The molecule has 8 heteroatoms. The number of nitrogens with one attached hydrogen (secondary N) is 2. The van der Waals surface area contributed by atoms with Gasteiger partial charge in [0, 0.05) is 20.2 Å². The van der Waals surface area contributed by atoms with Gasteiger partial charge in [0.1, 0.15) is 6.10 Å². The molecular weight excluding hydrogens is 222 g/mol. The van der Waals surface area contributed by atoms with E-state index in [1.54, 1.807) is 0 Å². The Morgan fingerprint density at radius 1 is 1.53 bits per heavy atom. The Balaban J connectivity index is 3.92. The third kappa shape index (κ3) is 5.67. The molecule has 0 aromatic carbocycles. The number of carbonyl (C=O) groups excluding carboxylic acids is 1. The summed E-state index contributed by atoms with van der Waals surface area (Å²) in [6.07, 6.45) is -0.734. The Morgan fingerprint density at radius 3 is 2.53 bits per heavy atom. The van der Waals surface area contributed by atoms with Gasteiger partial charge < -0.3 is 15.8 Å². The standard InChI is InChI=1S/C7H17N3O4S/c1-9-15(12,13)4-3-10-7(11)6(5-8)14-2/h6,9H,3-5,8H2,1-2H3,(H,10,11). The van der Waals surface area contributed by atoms with Crippen molar-refractivity contribution in [1.82, 2.24) is 10.0 Å². The van der Waals surface area contributed by atoms with Crippen molar-refractivity contribution in [3.05, 3.63) is 0 Å². The van der Waals surface area contributed by atoms with Gasteiger partial charge in [-0.1, -0.05) is 0 Å². The van der Waals surface area contributed by atoms with E-state index in [0.29, 0.717) is 0 Å².